The molecule has 0 rings (SSSR count). The topological polar surface area (TPSA) is 52.6 Å². The molecule has 0 saturated heterocycles. The Morgan fingerprint density at radius 1 is 0.800 bits per heavy atom. The maximum atomic E-state index is 11.4. The number of hydrogen-bond donors (Lipinski definition) is 0. The summed E-state index contributed by atoms with van der Waals surface area (Å²) in [6, 6.07) is 0. The van der Waals surface area contributed by atoms with Crippen LogP contribution < -0.4 is 0 Å². The minimum Gasteiger partial charge on any atom is -0.314 e. The van der Waals surface area contributed by atoms with Gasteiger partial charge in [-0.05, 0) is 25.3 Å². The summed E-state index contributed by atoms with van der Waals surface area (Å²) in [7, 11) is -3.83. The van der Waals surface area contributed by atoms with Crippen LogP contribution in [0.3, 0.4) is 0 Å². The molecule has 0 amide bonds. The molecular weight excluding hydrogens is 214 g/mol. The molecule has 0 aromatic carbocycles. The van der Waals surface area contributed by atoms with Crippen LogP contribution in [0, 0.1) is 0 Å². The fraction of sp³-hybridized carbons (Fsp3) is 1.00. The summed E-state index contributed by atoms with van der Waals surface area (Å²) < 4.78 is 32.7. The van der Waals surface area contributed by atoms with Crippen molar-refractivity contribution in [2.24, 2.45) is 0 Å². The Bertz CT molecular complexity index is 227. The fourth-order valence-corrected chi connectivity index (χ4v) is 2.46. The third kappa shape index (κ3) is 6.22. The highest BCUT2D eigenvalue weighted by Gasteiger charge is 2.25. The first-order valence-electron chi connectivity index (χ1n) is 5.60. The predicted octanol–water partition coefficient (Wildman–Crippen LogP) is 2.33. The van der Waals surface area contributed by atoms with Gasteiger partial charge in [-0.3, -0.25) is 0 Å². The molecule has 0 aromatic rings. The van der Waals surface area contributed by atoms with E-state index < -0.39 is 10.4 Å². The van der Waals surface area contributed by atoms with Crippen molar-refractivity contribution >= 4 is 24.2 Å². The summed E-state index contributed by atoms with van der Waals surface area (Å²) in [4.78, 5) is 0. The Kier molecular flexibility index (Phi) is 7.30. The van der Waals surface area contributed by atoms with Gasteiger partial charge in [0.15, 0.2) is 0 Å². The summed E-state index contributed by atoms with van der Waals surface area (Å²) in [5, 5.41) is 0. The van der Waals surface area contributed by atoms with E-state index in [2.05, 4.69) is 0 Å². The zero-order valence-electron chi connectivity index (χ0n) is 10.0. The average Bonchev–Trinajstić information content (AvgIpc) is 2.22. The van der Waals surface area contributed by atoms with Gasteiger partial charge in [0.2, 0.25) is 0 Å². The second-order valence-electron chi connectivity index (χ2n) is 3.48. The van der Waals surface area contributed by atoms with Crippen LogP contribution in [0.2, 0.25) is 25.3 Å². The highest BCUT2D eigenvalue weighted by molar-refractivity contribution is 7.83. The Hall–Kier alpha value is -0.000130. The third-order valence-electron chi connectivity index (χ3n) is 2.33. The van der Waals surface area contributed by atoms with E-state index in [0.29, 0.717) is 25.3 Å². The second-order valence-corrected chi connectivity index (χ2v) is 4.68. The average molecular weight is 234 g/mol. The van der Waals surface area contributed by atoms with Crippen molar-refractivity contribution in [1.82, 2.24) is 0 Å². The summed E-state index contributed by atoms with van der Waals surface area (Å²) in [5.41, 5.74) is 0. The molecule has 0 aliphatic carbocycles. The van der Waals surface area contributed by atoms with E-state index in [-0.39, 0.29) is 13.8 Å². The molecule has 0 saturated carbocycles. The van der Waals surface area contributed by atoms with Gasteiger partial charge in [0, 0.05) is 0 Å². The van der Waals surface area contributed by atoms with Crippen molar-refractivity contribution in [2.75, 3.05) is 0 Å². The molecule has 0 aliphatic rings. The van der Waals surface area contributed by atoms with Crippen molar-refractivity contribution in [2.45, 2.75) is 53.0 Å². The summed E-state index contributed by atoms with van der Waals surface area (Å²) in [6.07, 6.45) is 2.67. The molecular formula is C8H20B2O4S. The zero-order valence-corrected chi connectivity index (χ0v) is 10.8. The smallest absolute Gasteiger partial charge is 0.314 e. The van der Waals surface area contributed by atoms with E-state index in [4.69, 9.17) is 8.20 Å². The van der Waals surface area contributed by atoms with Crippen LogP contribution in [0.5, 0.6) is 0 Å². The minimum atomic E-state index is -3.83. The highest BCUT2D eigenvalue weighted by Crippen LogP contribution is 2.11. The lowest BCUT2D eigenvalue weighted by molar-refractivity contribution is 0.396. The van der Waals surface area contributed by atoms with Gasteiger partial charge in [0.25, 0.3) is 0 Å². The lowest BCUT2D eigenvalue weighted by atomic mass is 9.63. The summed E-state index contributed by atoms with van der Waals surface area (Å²) >= 11 is 0. The first kappa shape index (κ1) is 15.0. The minimum absolute atomic E-state index is 0.274. The Balaban J connectivity index is 4.29. The summed E-state index contributed by atoms with van der Waals surface area (Å²) in [6.45, 7) is 7.01. The van der Waals surface area contributed by atoms with Crippen molar-refractivity contribution in [3.8, 4) is 0 Å². The van der Waals surface area contributed by atoms with Crippen LogP contribution in [0.25, 0.3) is 0 Å². The van der Waals surface area contributed by atoms with Crippen molar-refractivity contribution < 1.29 is 16.6 Å². The maximum absolute atomic E-state index is 11.4. The van der Waals surface area contributed by atoms with E-state index in [9.17, 15) is 8.42 Å². The second kappa shape index (κ2) is 7.30. The van der Waals surface area contributed by atoms with Gasteiger partial charge in [-0.15, -0.1) is 0 Å². The van der Waals surface area contributed by atoms with Gasteiger partial charge in [-0.1, -0.05) is 27.7 Å². The van der Waals surface area contributed by atoms with Crippen LogP contribution in [0.15, 0.2) is 0 Å². The van der Waals surface area contributed by atoms with Crippen LogP contribution in [0.4, 0.5) is 0 Å². The first-order chi connectivity index (χ1) is 6.99. The largest absolute Gasteiger partial charge is 0.372 e. The molecule has 0 aromatic heterocycles. The van der Waals surface area contributed by atoms with Crippen LogP contribution >= 0.6 is 0 Å². The van der Waals surface area contributed by atoms with Crippen LogP contribution in [-0.4, -0.2) is 22.2 Å². The standard InChI is InChI=1S/C8H20B2O4S/c1-5-9(6-2)13-15(11,12)14-10(7-3)8-4/h5-8H2,1-4H3. The lowest BCUT2D eigenvalue weighted by Gasteiger charge is -2.14. The number of rotatable bonds is 8. The molecule has 0 heterocycles. The van der Waals surface area contributed by atoms with Gasteiger partial charge in [0.1, 0.15) is 0 Å². The monoisotopic (exact) mass is 234 g/mol. The van der Waals surface area contributed by atoms with E-state index in [1.807, 2.05) is 27.7 Å². The van der Waals surface area contributed by atoms with Gasteiger partial charge >= 0.3 is 24.2 Å². The Morgan fingerprint density at radius 2 is 1.07 bits per heavy atom. The lowest BCUT2D eigenvalue weighted by Crippen LogP contribution is -2.28. The fourth-order valence-electron chi connectivity index (χ4n) is 1.21. The molecule has 0 spiro atoms. The zero-order chi connectivity index (χ0) is 11.9. The molecule has 0 bridgehead atoms. The third-order valence-corrected chi connectivity index (χ3v) is 3.34. The van der Waals surface area contributed by atoms with E-state index in [1.165, 1.54) is 0 Å². The molecule has 4 nitrogen and oxygen atoms in total. The van der Waals surface area contributed by atoms with Crippen LogP contribution in [0.1, 0.15) is 27.7 Å². The van der Waals surface area contributed by atoms with Crippen LogP contribution in [-0.2, 0) is 18.6 Å². The van der Waals surface area contributed by atoms with Gasteiger partial charge in [-0.2, -0.15) is 8.42 Å². The molecule has 15 heavy (non-hydrogen) atoms. The molecule has 0 fully saturated rings. The molecule has 0 atom stereocenters. The van der Waals surface area contributed by atoms with E-state index in [0.717, 1.165) is 0 Å². The van der Waals surface area contributed by atoms with Crippen molar-refractivity contribution in [3.05, 3.63) is 0 Å². The summed E-state index contributed by atoms with van der Waals surface area (Å²) in [5.74, 6) is 0. The van der Waals surface area contributed by atoms with Crippen molar-refractivity contribution in [1.29, 1.82) is 0 Å². The number of hydrogen-bond acceptors (Lipinski definition) is 4. The van der Waals surface area contributed by atoms with Crippen molar-refractivity contribution in [3.63, 3.8) is 0 Å². The van der Waals surface area contributed by atoms with E-state index in [1.54, 1.807) is 0 Å². The Labute approximate surface area is 94.3 Å². The molecule has 0 aliphatic heterocycles. The molecule has 0 N–H and O–H groups in total. The van der Waals surface area contributed by atoms with Gasteiger partial charge in [-0.25, -0.2) is 0 Å². The SMILES string of the molecule is CCB(CC)OS(=O)(=O)OB(CC)CC. The normalized spacial score (nSPS) is 11.5. The predicted molar refractivity (Wildman–Crippen MR) is 64.5 cm³/mol. The first-order valence-corrected chi connectivity index (χ1v) is 6.93. The molecule has 0 unspecified atom stereocenters. The maximum Gasteiger partial charge on any atom is 0.372 e. The van der Waals surface area contributed by atoms with Gasteiger partial charge < -0.3 is 8.20 Å². The molecule has 7 heteroatoms. The Morgan fingerprint density at radius 3 is 1.27 bits per heavy atom. The quantitative estimate of drug-likeness (QED) is 0.604. The van der Waals surface area contributed by atoms with Gasteiger partial charge in [0.05, 0.1) is 0 Å². The van der Waals surface area contributed by atoms with E-state index >= 15 is 0 Å². The molecule has 88 valence electrons. The molecule has 0 radical (unpaired) electrons. The highest BCUT2D eigenvalue weighted by atomic mass is 32.3.